The summed E-state index contributed by atoms with van der Waals surface area (Å²) in [7, 11) is -3.44. The Bertz CT molecular complexity index is 614. The van der Waals surface area contributed by atoms with E-state index in [9.17, 15) is 8.42 Å². The van der Waals surface area contributed by atoms with Crippen molar-refractivity contribution in [2.75, 3.05) is 6.54 Å². The van der Waals surface area contributed by atoms with E-state index in [-0.39, 0.29) is 9.72 Å². The molecule has 19 heavy (non-hydrogen) atoms. The topological polar surface area (TPSA) is 46.2 Å². The summed E-state index contributed by atoms with van der Waals surface area (Å²) in [4.78, 5) is 0.231. The minimum absolute atomic E-state index is 0.0489. The van der Waals surface area contributed by atoms with Crippen LogP contribution in [-0.2, 0) is 10.0 Å². The van der Waals surface area contributed by atoms with E-state index in [1.165, 1.54) is 0 Å². The lowest BCUT2D eigenvalue weighted by atomic mass is 10.2. The Morgan fingerprint density at radius 2 is 1.47 bits per heavy atom. The average Bonchev–Trinajstić information content (AvgIpc) is 2.47. The molecule has 1 N–H and O–H groups in total. The highest BCUT2D eigenvalue weighted by Gasteiger charge is 2.15. The molecule has 100 valence electrons. The van der Waals surface area contributed by atoms with Gasteiger partial charge in [-0.3, -0.25) is 0 Å². The van der Waals surface area contributed by atoms with E-state index >= 15 is 0 Å². The third kappa shape index (κ3) is 3.89. The number of hydrogen-bond donors (Lipinski definition) is 1. The predicted octanol–water partition coefficient (Wildman–Crippen LogP) is 3.10. The van der Waals surface area contributed by atoms with Crippen molar-refractivity contribution in [2.45, 2.75) is 9.72 Å². The molecule has 0 radical (unpaired) electrons. The number of sulfonamides is 1. The van der Waals surface area contributed by atoms with Gasteiger partial charge in [-0.25, -0.2) is 13.1 Å². The highest BCUT2D eigenvalue weighted by molar-refractivity contribution is 9.09. The van der Waals surface area contributed by atoms with E-state index < -0.39 is 10.0 Å². The lowest BCUT2D eigenvalue weighted by Crippen LogP contribution is -2.26. The van der Waals surface area contributed by atoms with Crippen molar-refractivity contribution in [3.8, 4) is 0 Å². The van der Waals surface area contributed by atoms with Crippen LogP contribution in [0.5, 0.6) is 0 Å². The van der Waals surface area contributed by atoms with Crippen LogP contribution in [0.3, 0.4) is 0 Å². The van der Waals surface area contributed by atoms with Gasteiger partial charge in [0, 0.05) is 6.54 Å². The first-order valence-electron chi connectivity index (χ1n) is 5.83. The Labute approximate surface area is 121 Å². The molecule has 0 saturated carbocycles. The smallest absolute Gasteiger partial charge is 0.210 e. The fourth-order valence-electron chi connectivity index (χ4n) is 1.65. The standard InChI is InChI=1S/C14H14BrNO2S/c15-14(12-7-3-1-4-8-12)11-16-19(17,18)13-9-5-2-6-10-13/h1-10,14,16H,11H2. The number of alkyl halides is 1. The van der Waals surface area contributed by atoms with Crippen molar-refractivity contribution in [3.05, 3.63) is 66.2 Å². The first-order valence-corrected chi connectivity index (χ1v) is 8.23. The van der Waals surface area contributed by atoms with Gasteiger partial charge >= 0.3 is 0 Å². The molecule has 0 fully saturated rings. The summed E-state index contributed by atoms with van der Waals surface area (Å²) < 4.78 is 26.7. The Kier molecular flexibility index (Phi) is 4.74. The second-order valence-corrected chi connectivity index (χ2v) is 6.92. The first-order chi connectivity index (χ1) is 9.09. The van der Waals surface area contributed by atoms with Gasteiger partial charge in [0.15, 0.2) is 0 Å². The van der Waals surface area contributed by atoms with Gasteiger partial charge in [0.25, 0.3) is 0 Å². The van der Waals surface area contributed by atoms with Crippen LogP contribution in [0.4, 0.5) is 0 Å². The van der Waals surface area contributed by atoms with Crippen LogP contribution in [0.25, 0.3) is 0 Å². The highest BCUT2D eigenvalue weighted by atomic mass is 79.9. The molecule has 0 aliphatic heterocycles. The summed E-state index contributed by atoms with van der Waals surface area (Å²) >= 11 is 3.48. The molecule has 0 saturated heterocycles. The number of rotatable bonds is 5. The second-order valence-electron chi connectivity index (χ2n) is 4.04. The van der Waals surface area contributed by atoms with Crippen molar-refractivity contribution in [2.24, 2.45) is 0 Å². The van der Waals surface area contributed by atoms with Gasteiger partial charge < -0.3 is 0 Å². The normalized spacial score (nSPS) is 13.1. The van der Waals surface area contributed by atoms with Crippen LogP contribution in [0.15, 0.2) is 65.6 Å². The van der Waals surface area contributed by atoms with Gasteiger partial charge in [-0.1, -0.05) is 64.5 Å². The molecule has 1 unspecified atom stereocenters. The fourth-order valence-corrected chi connectivity index (χ4v) is 3.40. The maximum atomic E-state index is 12.0. The molecule has 1 atom stereocenters. The van der Waals surface area contributed by atoms with Crippen molar-refractivity contribution in [1.29, 1.82) is 0 Å². The molecular weight excluding hydrogens is 326 g/mol. The molecule has 0 heterocycles. The molecule has 0 aliphatic rings. The largest absolute Gasteiger partial charge is 0.240 e. The number of halogens is 1. The SMILES string of the molecule is O=S(=O)(NCC(Br)c1ccccc1)c1ccccc1. The Morgan fingerprint density at radius 3 is 2.05 bits per heavy atom. The van der Waals surface area contributed by atoms with Gasteiger partial charge in [0.1, 0.15) is 0 Å². The third-order valence-corrected chi connectivity index (χ3v) is 4.96. The first kappa shape index (κ1) is 14.2. The van der Waals surface area contributed by atoms with Crippen LogP contribution in [0, 0.1) is 0 Å². The number of nitrogens with one attached hydrogen (secondary N) is 1. The lowest BCUT2D eigenvalue weighted by Gasteiger charge is -2.12. The zero-order chi connectivity index (χ0) is 13.7. The lowest BCUT2D eigenvalue weighted by molar-refractivity contribution is 0.581. The third-order valence-electron chi connectivity index (χ3n) is 2.67. The van der Waals surface area contributed by atoms with E-state index in [4.69, 9.17) is 0 Å². The van der Waals surface area contributed by atoms with E-state index in [2.05, 4.69) is 20.7 Å². The minimum Gasteiger partial charge on any atom is -0.210 e. The van der Waals surface area contributed by atoms with E-state index in [1.54, 1.807) is 30.3 Å². The Morgan fingerprint density at radius 1 is 0.947 bits per heavy atom. The van der Waals surface area contributed by atoms with E-state index in [0.29, 0.717) is 6.54 Å². The number of hydrogen-bond acceptors (Lipinski definition) is 2. The Balaban J connectivity index is 2.03. The van der Waals surface area contributed by atoms with E-state index in [1.807, 2.05) is 30.3 Å². The summed E-state index contributed by atoms with van der Waals surface area (Å²) in [5, 5.41) is 0. The molecular formula is C14H14BrNO2S. The zero-order valence-electron chi connectivity index (χ0n) is 10.2. The van der Waals surface area contributed by atoms with Crippen LogP contribution in [-0.4, -0.2) is 15.0 Å². The molecule has 2 aromatic carbocycles. The maximum Gasteiger partial charge on any atom is 0.240 e. The predicted molar refractivity (Wildman–Crippen MR) is 79.7 cm³/mol. The van der Waals surface area contributed by atoms with E-state index in [0.717, 1.165) is 5.56 Å². The van der Waals surface area contributed by atoms with Crippen molar-refractivity contribution >= 4 is 26.0 Å². The van der Waals surface area contributed by atoms with Crippen molar-refractivity contribution in [1.82, 2.24) is 4.72 Å². The average molecular weight is 340 g/mol. The molecule has 0 bridgehead atoms. The zero-order valence-corrected chi connectivity index (χ0v) is 12.6. The van der Waals surface area contributed by atoms with Crippen LogP contribution >= 0.6 is 15.9 Å². The molecule has 0 spiro atoms. The van der Waals surface area contributed by atoms with Crippen molar-refractivity contribution in [3.63, 3.8) is 0 Å². The number of benzene rings is 2. The molecule has 0 amide bonds. The van der Waals surface area contributed by atoms with Gasteiger partial charge in [0.05, 0.1) is 9.72 Å². The van der Waals surface area contributed by atoms with Crippen LogP contribution in [0.1, 0.15) is 10.4 Å². The molecule has 3 nitrogen and oxygen atoms in total. The molecule has 2 aromatic rings. The van der Waals surface area contributed by atoms with Crippen LogP contribution < -0.4 is 4.72 Å². The molecule has 5 heteroatoms. The molecule has 0 aromatic heterocycles. The second kappa shape index (κ2) is 6.32. The summed E-state index contributed by atoms with van der Waals surface area (Å²) in [6.45, 7) is 0.307. The van der Waals surface area contributed by atoms with Gasteiger partial charge in [-0.05, 0) is 17.7 Å². The molecule has 0 aliphatic carbocycles. The van der Waals surface area contributed by atoms with Crippen molar-refractivity contribution < 1.29 is 8.42 Å². The maximum absolute atomic E-state index is 12.0. The van der Waals surface area contributed by atoms with Crippen LogP contribution in [0.2, 0.25) is 0 Å². The van der Waals surface area contributed by atoms with Gasteiger partial charge in [-0.15, -0.1) is 0 Å². The Hall–Kier alpha value is -1.17. The summed E-state index contributed by atoms with van der Waals surface area (Å²) in [5.74, 6) is 0. The summed E-state index contributed by atoms with van der Waals surface area (Å²) in [5.41, 5.74) is 1.04. The highest BCUT2D eigenvalue weighted by Crippen LogP contribution is 2.21. The minimum atomic E-state index is -3.44. The summed E-state index contributed by atoms with van der Waals surface area (Å²) in [6, 6.07) is 18.0. The monoisotopic (exact) mass is 339 g/mol. The van der Waals surface area contributed by atoms with Gasteiger partial charge in [-0.2, -0.15) is 0 Å². The van der Waals surface area contributed by atoms with Gasteiger partial charge in [0.2, 0.25) is 10.0 Å². The fraction of sp³-hybridized carbons (Fsp3) is 0.143. The quantitative estimate of drug-likeness (QED) is 0.850. The molecule has 2 rings (SSSR count). The summed E-state index contributed by atoms with van der Waals surface area (Å²) in [6.07, 6.45) is 0.